The van der Waals surface area contributed by atoms with Gasteiger partial charge in [-0.2, -0.15) is 0 Å². The lowest BCUT2D eigenvalue weighted by Gasteiger charge is -2.09. The molecule has 0 atom stereocenters. The van der Waals surface area contributed by atoms with Crippen LogP contribution >= 0.6 is 11.6 Å². The first kappa shape index (κ1) is 12.3. The van der Waals surface area contributed by atoms with Crippen molar-refractivity contribution in [1.29, 1.82) is 0 Å². The number of hydrogen-bond acceptors (Lipinski definition) is 3. The Labute approximate surface area is 108 Å². The van der Waals surface area contributed by atoms with Crippen LogP contribution in [0.15, 0.2) is 42.5 Å². The summed E-state index contributed by atoms with van der Waals surface area (Å²) in [7, 11) is 0. The van der Waals surface area contributed by atoms with Crippen LogP contribution in [0.4, 0.5) is 5.69 Å². The molecule has 0 heterocycles. The van der Waals surface area contributed by atoms with E-state index in [9.17, 15) is 15.0 Å². The summed E-state index contributed by atoms with van der Waals surface area (Å²) in [6.07, 6.45) is 0. The summed E-state index contributed by atoms with van der Waals surface area (Å²) in [5, 5.41) is 21.8. The molecule has 0 fully saturated rings. The number of carbonyl (C=O) groups excluding carboxylic acids is 1. The SMILES string of the molecule is O=C(Nc1c(O)cccc1O)c1ccccc1Cl. The molecule has 5 heteroatoms. The molecule has 0 saturated carbocycles. The summed E-state index contributed by atoms with van der Waals surface area (Å²) in [6.45, 7) is 0. The van der Waals surface area contributed by atoms with Crippen LogP contribution in [0.1, 0.15) is 10.4 Å². The molecule has 3 N–H and O–H groups in total. The summed E-state index contributed by atoms with van der Waals surface area (Å²) in [4.78, 5) is 11.9. The standard InChI is InChI=1S/C13H10ClNO3/c14-9-5-2-1-4-8(9)13(18)15-12-10(16)6-3-7-11(12)17/h1-7,16-17H,(H,15,18). The van der Waals surface area contributed by atoms with E-state index in [1.807, 2.05) is 0 Å². The van der Waals surface area contributed by atoms with Gasteiger partial charge in [-0.25, -0.2) is 0 Å². The quantitative estimate of drug-likeness (QED) is 0.730. The largest absolute Gasteiger partial charge is 0.506 e. The molecule has 1 amide bonds. The number of hydrogen-bond donors (Lipinski definition) is 3. The third-order valence-corrected chi connectivity index (χ3v) is 2.71. The van der Waals surface area contributed by atoms with E-state index < -0.39 is 5.91 Å². The number of phenolic OH excluding ortho intramolecular Hbond substituents is 2. The summed E-state index contributed by atoms with van der Waals surface area (Å²) < 4.78 is 0. The van der Waals surface area contributed by atoms with Gasteiger partial charge in [0.25, 0.3) is 5.91 Å². The molecule has 0 saturated heterocycles. The zero-order chi connectivity index (χ0) is 13.1. The predicted octanol–water partition coefficient (Wildman–Crippen LogP) is 3.00. The Morgan fingerprint density at radius 1 is 1.00 bits per heavy atom. The lowest BCUT2D eigenvalue weighted by atomic mass is 10.2. The van der Waals surface area contributed by atoms with E-state index in [1.54, 1.807) is 24.3 Å². The smallest absolute Gasteiger partial charge is 0.257 e. The molecule has 92 valence electrons. The molecule has 2 aromatic carbocycles. The number of nitrogens with one attached hydrogen (secondary N) is 1. The van der Waals surface area contributed by atoms with Crippen molar-refractivity contribution in [2.75, 3.05) is 5.32 Å². The molecule has 18 heavy (non-hydrogen) atoms. The van der Waals surface area contributed by atoms with Crippen LogP contribution in [-0.4, -0.2) is 16.1 Å². The van der Waals surface area contributed by atoms with Gasteiger partial charge in [0, 0.05) is 0 Å². The van der Waals surface area contributed by atoms with Crippen molar-refractivity contribution in [2.45, 2.75) is 0 Å². The lowest BCUT2D eigenvalue weighted by Crippen LogP contribution is -2.12. The number of rotatable bonds is 2. The van der Waals surface area contributed by atoms with E-state index in [2.05, 4.69) is 5.32 Å². The maximum absolute atomic E-state index is 11.9. The van der Waals surface area contributed by atoms with Crippen LogP contribution in [-0.2, 0) is 0 Å². The zero-order valence-electron chi connectivity index (χ0n) is 9.22. The van der Waals surface area contributed by atoms with Crippen molar-refractivity contribution in [2.24, 2.45) is 0 Å². The molecular formula is C13H10ClNO3. The Balaban J connectivity index is 2.30. The number of halogens is 1. The van der Waals surface area contributed by atoms with Crippen molar-refractivity contribution >= 4 is 23.2 Å². The summed E-state index contributed by atoms with van der Waals surface area (Å²) in [5.41, 5.74) is 0.226. The fourth-order valence-electron chi connectivity index (χ4n) is 1.48. The number of para-hydroxylation sites is 1. The van der Waals surface area contributed by atoms with Crippen molar-refractivity contribution in [3.05, 3.63) is 53.1 Å². The zero-order valence-corrected chi connectivity index (χ0v) is 9.98. The second-order valence-corrected chi connectivity index (χ2v) is 4.01. The van der Waals surface area contributed by atoms with E-state index in [0.717, 1.165) is 0 Å². The fraction of sp³-hybridized carbons (Fsp3) is 0. The van der Waals surface area contributed by atoms with Crippen LogP contribution in [0.5, 0.6) is 11.5 Å². The van der Waals surface area contributed by atoms with Gasteiger partial charge in [-0.1, -0.05) is 29.8 Å². The highest BCUT2D eigenvalue weighted by Crippen LogP contribution is 2.33. The first-order chi connectivity index (χ1) is 8.59. The average Bonchev–Trinajstić information content (AvgIpc) is 2.34. The predicted molar refractivity (Wildman–Crippen MR) is 69.2 cm³/mol. The van der Waals surface area contributed by atoms with Gasteiger partial charge in [0.1, 0.15) is 17.2 Å². The highest BCUT2D eigenvalue weighted by molar-refractivity contribution is 6.34. The van der Waals surface area contributed by atoms with Gasteiger partial charge in [0.05, 0.1) is 10.6 Å². The highest BCUT2D eigenvalue weighted by Gasteiger charge is 2.14. The number of amides is 1. The van der Waals surface area contributed by atoms with E-state index >= 15 is 0 Å². The van der Waals surface area contributed by atoms with Crippen LogP contribution in [0, 0.1) is 0 Å². The lowest BCUT2D eigenvalue weighted by molar-refractivity contribution is 0.102. The third-order valence-electron chi connectivity index (χ3n) is 2.38. The van der Waals surface area contributed by atoms with Gasteiger partial charge >= 0.3 is 0 Å². The molecule has 2 aromatic rings. The van der Waals surface area contributed by atoms with Crippen LogP contribution in [0.3, 0.4) is 0 Å². The normalized spacial score (nSPS) is 10.1. The minimum Gasteiger partial charge on any atom is -0.506 e. The van der Waals surface area contributed by atoms with Gasteiger partial charge in [0.2, 0.25) is 0 Å². The third kappa shape index (κ3) is 2.38. The van der Waals surface area contributed by atoms with Crippen molar-refractivity contribution < 1.29 is 15.0 Å². The second-order valence-electron chi connectivity index (χ2n) is 3.61. The Hall–Kier alpha value is -2.20. The molecular weight excluding hydrogens is 254 g/mol. The van der Waals surface area contributed by atoms with E-state index in [0.29, 0.717) is 5.02 Å². The number of aromatic hydroxyl groups is 2. The molecule has 0 aliphatic heterocycles. The summed E-state index contributed by atoms with van der Waals surface area (Å²) in [6, 6.07) is 10.7. The molecule has 4 nitrogen and oxygen atoms in total. The maximum Gasteiger partial charge on any atom is 0.257 e. The minimum atomic E-state index is -0.502. The Kier molecular flexibility index (Phi) is 3.39. The monoisotopic (exact) mass is 263 g/mol. The van der Waals surface area contributed by atoms with Gasteiger partial charge in [0.15, 0.2) is 0 Å². The molecule has 0 aromatic heterocycles. The fourth-order valence-corrected chi connectivity index (χ4v) is 1.70. The van der Waals surface area contributed by atoms with Gasteiger partial charge < -0.3 is 15.5 Å². The van der Waals surface area contributed by atoms with Crippen LogP contribution in [0.25, 0.3) is 0 Å². The number of anilines is 1. The van der Waals surface area contributed by atoms with Crippen LogP contribution in [0.2, 0.25) is 5.02 Å². The Morgan fingerprint density at radius 2 is 1.61 bits per heavy atom. The molecule has 0 aliphatic rings. The number of phenols is 2. The van der Waals surface area contributed by atoms with Crippen LogP contribution < -0.4 is 5.32 Å². The van der Waals surface area contributed by atoms with Crippen molar-refractivity contribution in [1.82, 2.24) is 0 Å². The average molecular weight is 264 g/mol. The molecule has 0 spiro atoms. The molecule has 0 bridgehead atoms. The van der Waals surface area contributed by atoms with Gasteiger partial charge in [-0.3, -0.25) is 4.79 Å². The number of benzene rings is 2. The second kappa shape index (κ2) is 4.98. The minimum absolute atomic E-state index is 0.0394. The molecule has 0 aliphatic carbocycles. The Morgan fingerprint density at radius 3 is 2.22 bits per heavy atom. The van der Waals surface area contributed by atoms with Gasteiger partial charge in [-0.05, 0) is 24.3 Å². The molecule has 2 rings (SSSR count). The Bertz CT molecular complexity index is 578. The topological polar surface area (TPSA) is 69.6 Å². The maximum atomic E-state index is 11.9. The highest BCUT2D eigenvalue weighted by atomic mass is 35.5. The van der Waals surface area contributed by atoms with Crippen molar-refractivity contribution in [3.8, 4) is 11.5 Å². The van der Waals surface area contributed by atoms with Crippen molar-refractivity contribution in [3.63, 3.8) is 0 Å². The van der Waals surface area contributed by atoms with Gasteiger partial charge in [-0.15, -0.1) is 0 Å². The molecule has 0 radical (unpaired) electrons. The first-order valence-corrected chi connectivity index (χ1v) is 5.54. The first-order valence-electron chi connectivity index (χ1n) is 5.16. The summed E-state index contributed by atoms with van der Waals surface area (Å²) in [5.74, 6) is -0.928. The van der Waals surface area contributed by atoms with E-state index in [-0.39, 0.29) is 22.7 Å². The van der Waals surface area contributed by atoms with E-state index in [1.165, 1.54) is 18.2 Å². The molecule has 0 unspecified atom stereocenters. The number of carbonyl (C=O) groups is 1. The summed E-state index contributed by atoms with van der Waals surface area (Å²) >= 11 is 5.88. The van der Waals surface area contributed by atoms with E-state index in [4.69, 9.17) is 11.6 Å².